The van der Waals surface area contributed by atoms with Crippen LogP contribution in [0.3, 0.4) is 0 Å². The molecule has 0 N–H and O–H groups in total. The zero-order valence-electron chi connectivity index (χ0n) is 20.9. The van der Waals surface area contributed by atoms with Crippen LogP contribution in [0.25, 0.3) is 11.0 Å². The molecule has 0 saturated carbocycles. The SMILES string of the molecule is CCC=CCCOc1ccc2c(OC(C)C)c(OCC=C(C)CCC=C(C)C)c(=O)oc2c1. The van der Waals surface area contributed by atoms with Crippen molar-refractivity contribution in [1.82, 2.24) is 0 Å². The van der Waals surface area contributed by atoms with Crippen LogP contribution in [0, 0.1) is 0 Å². The molecular formula is C28H38O5. The second-order valence-electron chi connectivity index (χ2n) is 8.57. The highest BCUT2D eigenvalue weighted by atomic mass is 16.5. The summed E-state index contributed by atoms with van der Waals surface area (Å²) in [7, 11) is 0. The molecule has 0 radical (unpaired) electrons. The smallest absolute Gasteiger partial charge is 0.383 e. The number of rotatable bonds is 13. The number of allylic oxidation sites excluding steroid dienone is 4. The fraction of sp³-hybridized carbons (Fsp3) is 0.464. The van der Waals surface area contributed by atoms with Gasteiger partial charge in [0.1, 0.15) is 17.9 Å². The van der Waals surface area contributed by atoms with Gasteiger partial charge < -0.3 is 18.6 Å². The molecule has 0 unspecified atom stereocenters. The summed E-state index contributed by atoms with van der Waals surface area (Å²) in [4.78, 5) is 12.8. The first-order valence-electron chi connectivity index (χ1n) is 11.8. The van der Waals surface area contributed by atoms with E-state index in [-0.39, 0.29) is 18.5 Å². The van der Waals surface area contributed by atoms with Crippen LogP contribution in [-0.4, -0.2) is 19.3 Å². The standard InChI is InChI=1S/C28H38O5/c1-7-8-9-10-17-30-23-14-15-24-25(19-23)33-28(29)27(26(24)32-21(4)5)31-18-16-22(6)13-11-12-20(2)3/h8-9,12,14-16,19,21H,7,10-11,13,17-18H2,1-6H3. The summed E-state index contributed by atoms with van der Waals surface area (Å²) < 4.78 is 23.2. The first kappa shape index (κ1) is 26.3. The Hall–Kier alpha value is -2.95. The minimum atomic E-state index is -0.559. The van der Waals surface area contributed by atoms with Crippen LogP contribution in [0.5, 0.6) is 17.2 Å². The van der Waals surface area contributed by atoms with Gasteiger partial charge in [-0.15, -0.1) is 0 Å². The van der Waals surface area contributed by atoms with Gasteiger partial charge in [0.15, 0.2) is 5.75 Å². The average Bonchev–Trinajstić information content (AvgIpc) is 2.74. The Balaban J connectivity index is 2.22. The fourth-order valence-electron chi connectivity index (χ4n) is 3.19. The van der Waals surface area contributed by atoms with Crippen LogP contribution in [0.2, 0.25) is 0 Å². The highest BCUT2D eigenvalue weighted by Crippen LogP contribution is 2.35. The normalized spacial score (nSPS) is 11.9. The van der Waals surface area contributed by atoms with E-state index < -0.39 is 5.63 Å². The average molecular weight is 455 g/mol. The van der Waals surface area contributed by atoms with Crippen molar-refractivity contribution in [2.45, 2.75) is 73.3 Å². The summed E-state index contributed by atoms with van der Waals surface area (Å²) in [5.74, 6) is 1.15. The molecule has 0 aliphatic heterocycles. The number of hydrogen-bond donors (Lipinski definition) is 0. The fourth-order valence-corrected chi connectivity index (χ4v) is 3.19. The van der Waals surface area contributed by atoms with E-state index in [1.54, 1.807) is 6.07 Å². The van der Waals surface area contributed by atoms with E-state index in [0.29, 0.717) is 29.1 Å². The predicted octanol–water partition coefficient (Wildman–Crippen LogP) is 7.39. The van der Waals surface area contributed by atoms with Gasteiger partial charge in [-0.2, -0.15) is 0 Å². The maximum absolute atomic E-state index is 12.8. The van der Waals surface area contributed by atoms with Gasteiger partial charge in [0.05, 0.1) is 18.1 Å². The van der Waals surface area contributed by atoms with Crippen molar-refractivity contribution in [2.75, 3.05) is 13.2 Å². The lowest BCUT2D eigenvalue weighted by atomic mass is 10.1. The molecule has 0 spiro atoms. The molecule has 1 aromatic heterocycles. The summed E-state index contributed by atoms with van der Waals surface area (Å²) in [5, 5.41) is 0.681. The van der Waals surface area contributed by atoms with Crippen LogP contribution >= 0.6 is 0 Å². The van der Waals surface area contributed by atoms with E-state index in [1.165, 1.54) is 11.1 Å². The maximum atomic E-state index is 12.8. The van der Waals surface area contributed by atoms with Gasteiger partial charge in [0.25, 0.3) is 0 Å². The minimum absolute atomic E-state index is 0.0999. The van der Waals surface area contributed by atoms with E-state index in [0.717, 1.165) is 25.7 Å². The Bertz CT molecular complexity index is 1040. The van der Waals surface area contributed by atoms with Crippen molar-refractivity contribution in [3.05, 3.63) is 64.1 Å². The van der Waals surface area contributed by atoms with Crippen molar-refractivity contribution >= 4 is 11.0 Å². The summed E-state index contributed by atoms with van der Waals surface area (Å²) in [5.41, 5.74) is 2.37. The van der Waals surface area contributed by atoms with Gasteiger partial charge in [0, 0.05) is 6.07 Å². The Morgan fingerprint density at radius 2 is 1.82 bits per heavy atom. The number of fused-ring (bicyclic) bond motifs is 1. The lowest BCUT2D eigenvalue weighted by molar-refractivity contribution is 0.224. The van der Waals surface area contributed by atoms with Gasteiger partial charge in [0.2, 0.25) is 5.75 Å². The largest absolute Gasteiger partial charge is 0.493 e. The second-order valence-corrected chi connectivity index (χ2v) is 8.57. The topological polar surface area (TPSA) is 57.9 Å². The first-order valence-corrected chi connectivity index (χ1v) is 11.8. The Morgan fingerprint density at radius 1 is 1.03 bits per heavy atom. The molecule has 1 aromatic carbocycles. The van der Waals surface area contributed by atoms with E-state index in [2.05, 4.69) is 45.9 Å². The van der Waals surface area contributed by atoms with Crippen molar-refractivity contribution < 1.29 is 18.6 Å². The van der Waals surface area contributed by atoms with Crippen LogP contribution in [0.1, 0.15) is 67.2 Å². The molecule has 0 amide bonds. The summed E-state index contributed by atoms with van der Waals surface area (Å²) in [6.07, 6.45) is 12.1. The van der Waals surface area contributed by atoms with Gasteiger partial charge >= 0.3 is 5.63 Å². The van der Waals surface area contributed by atoms with Gasteiger partial charge in [-0.1, -0.05) is 36.3 Å². The zero-order valence-corrected chi connectivity index (χ0v) is 20.9. The van der Waals surface area contributed by atoms with Crippen molar-refractivity contribution in [3.8, 4) is 17.2 Å². The zero-order chi connectivity index (χ0) is 24.2. The van der Waals surface area contributed by atoms with Crippen LogP contribution < -0.4 is 19.8 Å². The molecule has 5 heteroatoms. The Kier molecular flexibility index (Phi) is 10.8. The minimum Gasteiger partial charge on any atom is -0.493 e. The van der Waals surface area contributed by atoms with Gasteiger partial charge in [-0.3, -0.25) is 0 Å². The molecular weight excluding hydrogens is 416 g/mol. The van der Waals surface area contributed by atoms with Crippen molar-refractivity contribution in [3.63, 3.8) is 0 Å². The van der Waals surface area contributed by atoms with Crippen molar-refractivity contribution in [2.24, 2.45) is 0 Å². The lowest BCUT2D eigenvalue weighted by Crippen LogP contribution is -2.14. The van der Waals surface area contributed by atoms with Crippen molar-refractivity contribution in [1.29, 1.82) is 0 Å². The van der Waals surface area contributed by atoms with Crippen LogP contribution in [0.15, 0.2) is 62.9 Å². The predicted molar refractivity (Wildman–Crippen MR) is 136 cm³/mol. The maximum Gasteiger partial charge on any atom is 0.383 e. The highest BCUT2D eigenvalue weighted by molar-refractivity contribution is 5.86. The summed E-state index contributed by atoms with van der Waals surface area (Å²) in [6, 6.07) is 5.43. The third-order valence-corrected chi connectivity index (χ3v) is 4.85. The second kappa shape index (κ2) is 13.6. The molecule has 2 aromatic rings. The van der Waals surface area contributed by atoms with E-state index in [1.807, 2.05) is 32.1 Å². The summed E-state index contributed by atoms with van der Waals surface area (Å²) in [6.45, 7) is 13.0. The quantitative estimate of drug-likeness (QED) is 0.179. The molecule has 5 nitrogen and oxygen atoms in total. The molecule has 0 saturated heterocycles. The number of benzene rings is 1. The monoisotopic (exact) mass is 454 g/mol. The molecule has 0 bridgehead atoms. The molecule has 180 valence electrons. The molecule has 0 aliphatic carbocycles. The third-order valence-electron chi connectivity index (χ3n) is 4.85. The van der Waals surface area contributed by atoms with Gasteiger partial charge in [-0.25, -0.2) is 4.79 Å². The van der Waals surface area contributed by atoms with E-state index in [9.17, 15) is 4.79 Å². The molecule has 33 heavy (non-hydrogen) atoms. The molecule has 1 heterocycles. The Labute approximate surface area is 197 Å². The molecule has 0 fully saturated rings. The molecule has 2 rings (SSSR count). The number of hydrogen-bond acceptors (Lipinski definition) is 5. The molecule has 0 atom stereocenters. The third kappa shape index (κ3) is 8.83. The summed E-state index contributed by atoms with van der Waals surface area (Å²) >= 11 is 0. The highest BCUT2D eigenvalue weighted by Gasteiger charge is 2.19. The lowest BCUT2D eigenvalue weighted by Gasteiger charge is -2.16. The first-order chi connectivity index (χ1) is 15.8. The van der Waals surface area contributed by atoms with Crippen LogP contribution in [0.4, 0.5) is 0 Å². The number of ether oxygens (including phenoxy) is 3. The van der Waals surface area contributed by atoms with Crippen LogP contribution in [-0.2, 0) is 0 Å². The van der Waals surface area contributed by atoms with E-state index >= 15 is 0 Å². The van der Waals surface area contributed by atoms with E-state index in [4.69, 9.17) is 18.6 Å². The Morgan fingerprint density at radius 3 is 2.52 bits per heavy atom. The molecule has 0 aliphatic rings. The van der Waals surface area contributed by atoms with Gasteiger partial charge in [-0.05, 0) is 78.5 Å².